The average Bonchev–Trinajstić information content (AvgIpc) is 3.07. The zero-order valence-corrected chi connectivity index (χ0v) is 16.0. The SMILES string of the molecule is CC(C)C[C@](C)(N)COc1ccc(-c2c(F)cnc3cc[nH]c23)nc1C(F)F. The summed E-state index contributed by atoms with van der Waals surface area (Å²) in [4.78, 5) is 10.8. The van der Waals surface area contributed by atoms with Gasteiger partial charge in [0.2, 0.25) is 0 Å². The number of aromatic nitrogens is 3. The van der Waals surface area contributed by atoms with Gasteiger partial charge in [-0.05, 0) is 37.5 Å². The van der Waals surface area contributed by atoms with Crippen LogP contribution < -0.4 is 10.5 Å². The quantitative estimate of drug-likeness (QED) is 0.603. The number of rotatable bonds is 7. The minimum absolute atomic E-state index is 0.0589. The van der Waals surface area contributed by atoms with Crippen molar-refractivity contribution in [3.8, 4) is 17.0 Å². The molecule has 3 heterocycles. The smallest absolute Gasteiger partial charge is 0.284 e. The summed E-state index contributed by atoms with van der Waals surface area (Å²) in [5.74, 6) is -0.370. The molecule has 0 aliphatic rings. The number of nitrogens with two attached hydrogens (primary N) is 1. The van der Waals surface area contributed by atoms with Crippen molar-refractivity contribution in [2.75, 3.05) is 6.61 Å². The fraction of sp³-hybridized carbons (Fsp3) is 0.400. The Hall–Kier alpha value is -2.61. The predicted octanol–water partition coefficient (Wildman–Crippen LogP) is 4.84. The third-order valence-electron chi connectivity index (χ3n) is 4.31. The second-order valence-electron chi connectivity index (χ2n) is 7.64. The molecule has 0 saturated heterocycles. The number of hydrogen-bond donors (Lipinski definition) is 2. The standard InChI is InChI=1S/C20H23F3N4O/c1-11(2)8-20(3,24)10-28-15-5-4-13(27-18(15)19(22)23)16-12(21)9-26-14-6-7-25-17(14)16/h4-7,9,11,19,25H,8,10,24H2,1-3H3/t20-/m0/s1. The summed E-state index contributed by atoms with van der Waals surface area (Å²) in [7, 11) is 0. The number of aromatic amines is 1. The molecule has 0 aromatic carbocycles. The fourth-order valence-corrected chi connectivity index (χ4v) is 3.34. The molecule has 5 nitrogen and oxygen atoms in total. The molecular weight excluding hydrogens is 369 g/mol. The Labute approximate surface area is 161 Å². The van der Waals surface area contributed by atoms with Crippen LogP contribution in [0.4, 0.5) is 13.2 Å². The third kappa shape index (κ3) is 4.27. The summed E-state index contributed by atoms with van der Waals surface area (Å²) in [6.45, 7) is 5.93. The van der Waals surface area contributed by atoms with Gasteiger partial charge < -0.3 is 15.5 Å². The highest BCUT2D eigenvalue weighted by Gasteiger charge is 2.25. The summed E-state index contributed by atoms with van der Waals surface area (Å²) < 4.78 is 47.2. The zero-order chi connectivity index (χ0) is 20.5. The van der Waals surface area contributed by atoms with Gasteiger partial charge in [0.1, 0.15) is 18.1 Å². The normalized spacial score (nSPS) is 14.0. The lowest BCUT2D eigenvalue weighted by atomic mass is 9.93. The molecular formula is C20H23F3N4O. The highest BCUT2D eigenvalue weighted by Crippen LogP contribution is 2.34. The number of hydrogen-bond acceptors (Lipinski definition) is 4. The van der Waals surface area contributed by atoms with Crippen LogP contribution >= 0.6 is 0 Å². The van der Waals surface area contributed by atoms with Crippen LogP contribution in [-0.2, 0) is 0 Å². The van der Waals surface area contributed by atoms with Gasteiger partial charge in [0.25, 0.3) is 6.43 Å². The van der Waals surface area contributed by atoms with Crippen molar-refractivity contribution in [3.05, 3.63) is 42.1 Å². The van der Waals surface area contributed by atoms with Gasteiger partial charge in [0.05, 0.1) is 28.5 Å². The minimum Gasteiger partial charge on any atom is -0.490 e. The molecule has 0 bridgehead atoms. The molecule has 3 aromatic rings. The van der Waals surface area contributed by atoms with Crippen molar-refractivity contribution in [1.29, 1.82) is 0 Å². The minimum atomic E-state index is -2.88. The van der Waals surface area contributed by atoms with Crippen LogP contribution in [0.5, 0.6) is 5.75 Å². The van der Waals surface area contributed by atoms with E-state index in [-0.39, 0.29) is 23.6 Å². The van der Waals surface area contributed by atoms with E-state index >= 15 is 0 Å². The van der Waals surface area contributed by atoms with Gasteiger partial charge in [-0.25, -0.2) is 18.2 Å². The number of H-pyrrole nitrogens is 1. The van der Waals surface area contributed by atoms with Gasteiger partial charge in [0, 0.05) is 11.7 Å². The molecule has 150 valence electrons. The predicted molar refractivity (Wildman–Crippen MR) is 102 cm³/mol. The van der Waals surface area contributed by atoms with Crippen molar-refractivity contribution in [3.63, 3.8) is 0 Å². The molecule has 3 N–H and O–H groups in total. The molecule has 0 radical (unpaired) electrons. The van der Waals surface area contributed by atoms with Crippen molar-refractivity contribution in [2.45, 2.75) is 39.2 Å². The molecule has 0 amide bonds. The molecule has 0 fully saturated rings. The number of ether oxygens (including phenoxy) is 1. The van der Waals surface area contributed by atoms with Gasteiger partial charge in [-0.2, -0.15) is 0 Å². The molecule has 0 aliphatic carbocycles. The highest BCUT2D eigenvalue weighted by molar-refractivity contribution is 5.90. The Kier molecular flexibility index (Phi) is 5.60. The van der Waals surface area contributed by atoms with Crippen LogP contribution in [0.3, 0.4) is 0 Å². The molecule has 1 atom stereocenters. The lowest BCUT2D eigenvalue weighted by Gasteiger charge is -2.27. The van der Waals surface area contributed by atoms with Crippen molar-refractivity contribution in [1.82, 2.24) is 15.0 Å². The number of alkyl halides is 2. The molecule has 3 aromatic heterocycles. The Morgan fingerprint density at radius 2 is 2.00 bits per heavy atom. The molecule has 3 rings (SSSR count). The van der Waals surface area contributed by atoms with E-state index in [0.29, 0.717) is 23.4 Å². The summed E-state index contributed by atoms with van der Waals surface area (Å²) in [5.41, 5.74) is 6.06. The van der Waals surface area contributed by atoms with Crippen molar-refractivity contribution >= 4 is 11.0 Å². The van der Waals surface area contributed by atoms with E-state index < -0.39 is 23.5 Å². The van der Waals surface area contributed by atoms with Crippen LogP contribution in [0.25, 0.3) is 22.3 Å². The highest BCUT2D eigenvalue weighted by atomic mass is 19.3. The first-order chi connectivity index (χ1) is 13.2. The molecule has 0 aliphatic heterocycles. The zero-order valence-electron chi connectivity index (χ0n) is 16.0. The Morgan fingerprint density at radius 1 is 1.25 bits per heavy atom. The van der Waals surface area contributed by atoms with Crippen molar-refractivity contribution in [2.24, 2.45) is 11.7 Å². The number of nitrogens with one attached hydrogen (secondary N) is 1. The summed E-state index contributed by atoms with van der Waals surface area (Å²) >= 11 is 0. The number of nitrogens with zero attached hydrogens (tertiary/aromatic N) is 2. The maximum absolute atomic E-state index is 14.4. The number of pyridine rings is 2. The summed E-state index contributed by atoms with van der Waals surface area (Å²) in [6.07, 6.45) is 0.442. The van der Waals surface area contributed by atoms with Crippen molar-refractivity contribution < 1.29 is 17.9 Å². The van der Waals surface area contributed by atoms with Crippen LogP contribution in [0.15, 0.2) is 30.6 Å². The first-order valence-corrected chi connectivity index (χ1v) is 9.00. The second kappa shape index (κ2) is 7.79. The first-order valence-electron chi connectivity index (χ1n) is 9.00. The van der Waals surface area contributed by atoms with E-state index in [0.717, 1.165) is 6.20 Å². The van der Waals surface area contributed by atoms with E-state index in [1.54, 1.807) is 12.3 Å². The maximum atomic E-state index is 14.4. The number of fused-ring (bicyclic) bond motifs is 1. The lowest BCUT2D eigenvalue weighted by molar-refractivity contribution is 0.134. The summed E-state index contributed by atoms with van der Waals surface area (Å²) in [6, 6.07) is 4.50. The van der Waals surface area contributed by atoms with E-state index in [4.69, 9.17) is 10.5 Å². The largest absolute Gasteiger partial charge is 0.490 e. The third-order valence-corrected chi connectivity index (χ3v) is 4.31. The Morgan fingerprint density at radius 3 is 2.68 bits per heavy atom. The van der Waals surface area contributed by atoms with E-state index in [1.165, 1.54) is 12.1 Å². The van der Waals surface area contributed by atoms with Gasteiger partial charge in [0.15, 0.2) is 5.82 Å². The molecule has 0 unspecified atom stereocenters. The van der Waals surface area contributed by atoms with Gasteiger partial charge in [-0.1, -0.05) is 13.8 Å². The van der Waals surface area contributed by atoms with Gasteiger partial charge >= 0.3 is 0 Å². The Balaban J connectivity index is 1.96. The fourth-order valence-electron chi connectivity index (χ4n) is 3.34. The first kappa shape index (κ1) is 20.1. The van der Waals surface area contributed by atoms with E-state index in [1.807, 2.05) is 20.8 Å². The molecule has 8 heteroatoms. The van der Waals surface area contributed by atoms with E-state index in [2.05, 4.69) is 15.0 Å². The molecule has 0 spiro atoms. The van der Waals surface area contributed by atoms with Crippen LogP contribution in [0.1, 0.15) is 39.3 Å². The molecule has 28 heavy (non-hydrogen) atoms. The number of halogens is 3. The second-order valence-corrected chi connectivity index (χ2v) is 7.64. The summed E-state index contributed by atoms with van der Waals surface area (Å²) in [5, 5.41) is 0. The lowest BCUT2D eigenvalue weighted by Crippen LogP contribution is -2.43. The maximum Gasteiger partial charge on any atom is 0.284 e. The Bertz CT molecular complexity index is 969. The van der Waals surface area contributed by atoms with Crippen LogP contribution in [0, 0.1) is 11.7 Å². The monoisotopic (exact) mass is 392 g/mol. The van der Waals surface area contributed by atoms with Gasteiger partial charge in [-0.3, -0.25) is 4.98 Å². The van der Waals surface area contributed by atoms with Gasteiger partial charge in [-0.15, -0.1) is 0 Å². The van der Waals surface area contributed by atoms with E-state index in [9.17, 15) is 13.2 Å². The molecule has 0 saturated carbocycles. The van der Waals surface area contributed by atoms with Crippen LogP contribution in [0.2, 0.25) is 0 Å². The average molecular weight is 392 g/mol. The topological polar surface area (TPSA) is 76.8 Å². The van der Waals surface area contributed by atoms with Crippen LogP contribution in [-0.4, -0.2) is 27.1 Å².